The number of hydrogen-bond donors (Lipinski definition) is 1. The third kappa shape index (κ3) is 1.98. The number of nitrogens with two attached hydrogens (primary N) is 1. The predicted molar refractivity (Wildman–Crippen MR) is 41.5 cm³/mol. The summed E-state index contributed by atoms with van der Waals surface area (Å²) < 4.78 is 0.977. The van der Waals surface area contributed by atoms with Crippen LogP contribution in [0.1, 0.15) is 0 Å². The van der Waals surface area contributed by atoms with E-state index in [4.69, 9.17) is 5.73 Å². The highest BCUT2D eigenvalue weighted by Crippen LogP contribution is 2.19. The lowest BCUT2D eigenvalue weighted by atomic mass is 11.0. The second kappa shape index (κ2) is 3.27. The monoisotopic (exact) mass is 214 g/mol. The highest BCUT2D eigenvalue weighted by molar-refractivity contribution is 9.11. The number of nitrogens with zero attached hydrogens (tertiary/aromatic N) is 1. The van der Waals surface area contributed by atoms with Gasteiger partial charge in [-0.1, -0.05) is 11.3 Å². The molecule has 0 aliphatic carbocycles. The molecule has 0 atom stereocenters. The van der Waals surface area contributed by atoms with E-state index in [1.54, 1.807) is 6.20 Å². The van der Waals surface area contributed by atoms with E-state index >= 15 is 0 Å². The van der Waals surface area contributed by atoms with Gasteiger partial charge in [0.2, 0.25) is 0 Å². The number of rotatable bonds is 0. The maximum Gasteiger partial charge on any atom is 0.181 e. The predicted octanol–water partition coefficient (Wildman–Crippen LogP) is 1.91. The molecular formula is C3H4BrClN2S. The molecule has 0 saturated carbocycles. The van der Waals surface area contributed by atoms with Gasteiger partial charge in [-0.15, -0.1) is 12.4 Å². The number of hydrogen-bond acceptors (Lipinski definition) is 3. The van der Waals surface area contributed by atoms with Gasteiger partial charge in [0.25, 0.3) is 0 Å². The van der Waals surface area contributed by atoms with E-state index in [1.165, 1.54) is 11.3 Å². The summed E-state index contributed by atoms with van der Waals surface area (Å²) in [6.45, 7) is 0. The molecule has 0 spiro atoms. The van der Waals surface area contributed by atoms with Crippen molar-refractivity contribution >= 4 is 44.8 Å². The number of aromatic nitrogens is 1. The fourth-order valence-electron chi connectivity index (χ4n) is 0.267. The maximum atomic E-state index is 5.26. The molecule has 8 heavy (non-hydrogen) atoms. The Bertz CT molecular complexity index is 150. The first-order valence-electron chi connectivity index (χ1n) is 1.66. The van der Waals surface area contributed by atoms with Crippen molar-refractivity contribution < 1.29 is 0 Å². The molecule has 0 aromatic carbocycles. The molecule has 46 valence electrons. The van der Waals surface area contributed by atoms with Crippen LogP contribution in [-0.2, 0) is 0 Å². The van der Waals surface area contributed by atoms with Crippen molar-refractivity contribution in [2.75, 3.05) is 5.73 Å². The summed E-state index contributed by atoms with van der Waals surface area (Å²) in [4.78, 5) is 3.77. The largest absolute Gasteiger partial charge is 0.375 e. The van der Waals surface area contributed by atoms with Crippen molar-refractivity contribution in [2.45, 2.75) is 0 Å². The molecule has 0 aliphatic heterocycles. The van der Waals surface area contributed by atoms with Crippen molar-refractivity contribution in [1.82, 2.24) is 4.98 Å². The quantitative estimate of drug-likeness (QED) is 0.718. The minimum Gasteiger partial charge on any atom is -0.375 e. The summed E-state index contributed by atoms with van der Waals surface area (Å²) in [7, 11) is 0. The van der Waals surface area contributed by atoms with E-state index in [2.05, 4.69) is 20.9 Å². The van der Waals surface area contributed by atoms with Gasteiger partial charge in [-0.2, -0.15) is 0 Å². The molecule has 0 radical (unpaired) electrons. The van der Waals surface area contributed by atoms with Gasteiger partial charge in [0.15, 0.2) is 5.13 Å². The molecule has 0 aliphatic rings. The van der Waals surface area contributed by atoms with Crippen molar-refractivity contribution in [3.63, 3.8) is 0 Å². The highest BCUT2D eigenvalue weighted by Gasteiger charge is 1.88. The summed E-state index contributed by atoms with van der Waals surface area (Å²) in [5, 5.41) is 0.604. The molecule has 1 aromatic rings. The Hall–Kier alpha value is 0.200. The second-order valence-corrected chi connectivity index (χ2v) is 3.44. The molecule has 1 aromatic heterocycles. The minimum atomic E-state index is 0. The molecule has 1 heterocycles. The standard InChI is InChI=1S/C3H3BrN2S.ClH/c4-2-1-6-3(5)7-2;/h1H,(H2,5,6);1H. The van der Waals surface area contributed by atoms with Crippen molar-refractivity contribution in [3.8, 4) is 0 Å². The van der Waals surface area contributed by atoms with Gasteiger partial charge in [0.1, 0.15) is 0 Å². The van der Waals surface area contributed by atoms with Crippen LogP contribution in [0.25, 0.3) is 0 Å². The van der Waals surface area contributed by atoms with Gasteiger partial charge >= 0.3 is 0 Å². The van der Waals surface area contributed by atoms with Gasteiger partial charge in [-0.25, -0.2) is 4.98 Å². The Labute approximate surface area is 65.7 Å². The summed E-state index contributed by atoms with van der Waals surface area (Å²) in [5.74, 6) is 0. The molecular weight excluding hydrogens is 211 g/mol. The highest BCUT2D eigenvalue weighted by atomic mass is 79.9. The summed E-state index contributed by atoms with van der Waals surface area (Å²) in [6.07, 6.45) is 1.68. The van der Waals surface area contributed by atoms with Crippen LogP contribution in [0.3, 0.4) is 0 Å². The normalized spacial score (nSPS) is 8.12. The van der Waals surface area contributed by atoms with E-state index in [-0.39, 0.29) is 12.4 Å². The first-order chi connectivity index (χ1) is 3.29. The zero-order chi connectivity index (χ0) is 5.28. The van der Waals surface area contributed by atoms with Crippen molar-refractivity contribution in [3.05, 3.63) is 9.98 Å². The minimum absolute atomic E-state index is 0. The number of anilines is 1. The summed E-state index contributed by atoms with van der Waals surface area (Å²) in [5.41, 5.74) is 5.26. The molecule has 0 unspecified atom stereocenters. The molecule has 1 rings (SSSR count). The van der Waals surface area contributed by atoms with E-state index in [1.807, 2.05) is 0 Å². The van der Waals surface area contributed by atoms with Crippen LogP contribution < -0.4 is 5.73 Å². The molecule has 2 nitrogen and oxygen atoms in total. The third-order valence-electron chi connectivity index (χ3n) is 0.495. The van der Waals surface area contributed by atoms with E-state index in [0.29, 0.717) is 5.13 Å². The molecule has 0 bridgehead atoms. The molecule has 0 fully saturated rings. The molecule has 0 amide bonds. The van der Waals surface area contributed by atoms with Gasteiger partial charge in [-0.3, -0.25) is 0 Å². The maximum absolute atomic E-state index is 5.26. The lowest BCUT2D eigenvalue weighted by Gasteiger charge is -1.69. The van der Waals surface area contributed by atoms with Crippen LogP contribution in [-0.4, -0.2) is 4.98 Å². The fraction of sp³-hybridized carbons (Fsp3) is 0. The average molecular weight is 216 g/mol. The van der Waals surface area contributed by atoms with Gasteiger partial charge < -0.3 is 5.73 Å². The number of nitrogen functional groups attached to an aromatic ring is 1. The molecule has 5 heteroatoms. The Balaban J connectivity index is 0.000000490. The van der Waals surface area contributed by atoms with Crippen LogP contribution >= 0.6 is 39.7 Å². The first-order valence-corrected chi connectivity index (χ1v) is 3.27. The van der Waals surface area contributed by atoms with Crippen LogP contribution in [0.15, 0.2) is 9.98 Å². The summed E-state index contributed by atoms with van der Waals surface area (Å²) >= 11 is 4.63. The second-order valence-electron chi connectivity index (χ2n) is 1.00. The SMILES string of the molecule is Cl.Nc1ncc(Br)s1. The molecule has 2 N–H and O–H groups in total. The van der Waals surface area contributed by atoms with Gasteiger partial charge in [0, 0.05) is 0 Å². The van der Waals surface area contributed by atoms with Crippen LogP contribution in [0.5, 0.6) is 0 Å². The Morgan fingerprint density at radius 3 is 2.50 bits per heavy atom. The molecule has 0 saturated heterocycles. The lowest BCUT2D eigenvalue weighted by Crippen LogP contribution is -1.77. The Kier molecular flexibility index (Phi) is 3.35. The Morgan fingerprint density at radius 1 is 1.75 bits per heavy atom. The summed E-state index contributed by atoms with van der Waals surface area (Å²) in [6, 6.07) is 0. The van der Waals surface area contributed by atoms with Gasteiger partial charge in [-0.05, 0) is 15.9 Å². The zero-order valence-corrected chi connectivity index (χ0v) is 7.02. The van der Waals surface area contributed by atoms with Crippen molar-refractivity contribution in [2.24, 2.45) is 0 Å². The topological polar surface area (TPSA) is 38.9 Å². The van der Waals surface area contributed by atoms with Crippen LogP contribution in [0.2, 0.25) is 0 Å². The van der Waals surface area contributed by atoms with Crippen LogP contribution in [0, 0.1) is 0 Å². The smallest absolute Gasteiger partial charge is 0.181 e. The van der Waals surface area contributed by atoms with Gasteiger partial charge in [0.05, 0.1) is 9.98 Å². The number of halogens is 2. The first kappa shape index (κ1) is 8.20. The zero-order valence-electron chi connectivity index (χ0n) is 3.80. The van der Waals surface area contributed by atoms with Crippen molar-refractivity contribution in [1.29, 1.82) is 0 Å². The van der Waals surface area contributed by atoms with E-state index in [9.17, 15) is 0 Å². The Morgan fingerprint density at radius 2 is 2.38 bits per heavy atom. The number of thiazole rings is 1. The average Bonchev–Trinajstić information content (AvgIpc) is 1.87. The van der Waals surface area contributed by atoms with Crippen LogP contribution in [0.4, 0.5) is 5.13 Å². The third-order valence-corrected chi connectivity index (χ3v) is 1.80. The van der Waals surface area contributed by atoms with E-state index in [0.717, 1.165) is 3.79 Å². The fourth-order valence-corrected chi connectivity index (χ4v) is 1.28. The van der Waals surface area contributed by atoms with E-state index < -0.39 is 0 Å². The lowest BCUT2D eigenvalue weighted by molar-refractivity contribution is 1.42.